The summed E-state index contributed by atoms with van der Waals surface area (Å²) in [5.41, 5.74) is 0.935. The summed E-state index contributed by atoms with van der Waals surface area (Å²) in [6.45, 7) is 5.90. The third kappa shape index (κ3) is 5.03. The topological polar surface area (TPSA) is 78.4 Å². The molecule has 1 atom stereocenters. The number of carbonyl (C=O) groups excluding carboxylic acids is 2. The van der Waals surface area contributed by atoms with Crippen molar-refractivity contribution in [2.75, 3.05) is 11.9 Å². The zero-order valence-corrected chi connectivity index (χ0v) is 15.0. The lowest BCUT2D eigenvalue weighted by atomic mass is 10.0. The van der Waals surface area contributed by atoms with Gasteiger partial charge in [0, 0.05) is 12.5 Å². The van der Waals surface area contributed by atoms with Crippen molar-refractivity contribution < 1.29 is 14.7 Å². The van der Waals surface area contributed by atoms with Crippen LogP contribution in [0, 0.1) is 5.92 Å². The normalized spacial score (nSPS) is 12.2. The Bertz CT molecular complexity index is 756. The molecule has 0 fully saturated rings. The van der Waals surface area contributed by atoms with Gasteiger partial charge in [-0.2, -0.15) is 0 Å². The zero-order chi connectivity index (χ0) is 18.4. The summed E-state index contributed by atoms with van der Waals surface area (Å²) < 4.78 is 0. The van der Waals surface area contributed by atoms with Gasteiger partial charge in [0.15, 0.2) is 0 Å². The molecule has 5 nitrogen and oxygen atoms in total. The number of fused-ring (bicyclic) bond motifs is 1. The largest absolute Gasteiger partial charge is 0.393 e. The summed E-state index contributed by atoms with van der Waals surface area (Å²) in [7, 11) is 0. The van der Waals surface area contributed by atoms with Gasteiger partial charge in [0.05, 0.1) is 17.4 Å². The van der Waals surface area contributed by atoms with Crippen LogP contribution in [-0.4, -0.2) is 29.6 Å². The van der Waals surface area contributed by atoms with E-state index in [9.17, 15) is 14.7 Å². The molecule has 0 aliphatic heterocycles. The third-order valence-corrected chi connectivity index (χ3v) is 4.15. The molecule has 134 valence electrons. The minimum absolute atomic E-state index is 0.134. The summed E-state index contributed by atoms with van der Waals surface area (Å²) in [5, 5.41) is 17.2. The molecular weight excluding hydrogens is 316 g/mol. The number of amides is 2. The van der Waals surface area contributed by atoms with Gasteiger partial charge in [-0.05, 0) is 35.7 Å². The van der Waals surface area contributed by atoms with Crippen molar-refractivity contribution >= 4 is 28.3 Å². The minimum Gasteiger partial charge on any atom is -0.393 e. The van der Waals surface area contributed by atoms with E-state index in [0.29, 0.717) is 30.6 Å². The number of aliphatic hydroxyl groups excluding tert-OH is 1. The summed E-state index contributed by atoms with van der Waals surface area (Å²) in [6, 6.07) is 11.3. The molecular formula is C20H26N2O3. The number of carbonyl (C=O) groups is 2. The molecule has 0 heterocycles. The average Bonchev–Trinajstić information content (AvgIpc) is 2.60. The Hall–Kier alpha value is -2.40. The second-order valence-electron chi connectivity index (χ2n) is 6.50. The van der Waals surface area contributed by atoms with Crippen LogP contribution in [0.4, 0.5) is 5.69 Å². The van der Waals surface area contributed by atoms with E-state index < -0.39 is 6.10 Å². The van der Waals surface area contributed by atoms with E-state index in [2.05, 4.69) is 10.6 Å². The molecule has 0 spiro atoms. The minimum atomic E-state index is -0.419. The van der Waals surface area contributed by atoms with E-state index in [1.54, 1.807) is 6.07 Å². The van der Waals surface area contributed by atoms with E-state index in [0.717, 1.165) is 10.8 Å². The summed E-state index contributed by atoms with van der Waals surface area (Å²) in [5.74, 6) is -0.569. The Morgan fingerprint density at radius 2 is 1.76 bits per heavy atom. The Morgan fingerprint density at radius 3 is 2.36 bits per heavy atom. The maximum atomic E-state index is 12.6. The van der Waals surface area contributed by atoms with Crippen LogP contribution in [0.2, 0.25) is 0 Å². The molecule has 2 rings (SSSR count). The van der Waals surface area contributed by atoms with E-state index in [-0.39, 0.29) is 17.7 Å². The molecule has 2 amide bonds. The van der Waals surface area contributed by atoms with Crippen LogP contribution in [0.1, 0.15) is 44.0 Å². The van der Waals surface area contributed by atoms with Gasteiger partial charge in [-0.3, -0.25) is 9.59 Å². The molecule has 0 saturated carbocycles. The lowest BCUT2D eigenvalue weighted by Gasteiger charge is -2.15. The van der Waals surface area contributed by atoms with Crippen molar-refractivity contribution in [1.29, 1.82) is 0 Å². The van der Waals surface area contributed by atoms with Crippen molar-refractivity contribution in [1.82, 2.24) is 5.32 Å². The number of aliphatic hydroxyl groups is 1. The smallest absolute Gasteiger partial charge is 0.253 e. The first-order chi connectivity index (χ1) is 11.9. The van der Waals surface area contributed by atoms with Crippen LogP contribution < -0.4 is 10.6 Å². The molecule has 0 saturated heterocycles. The Kier molecular flexibility index (Phi) is 6.53. The SMILES string of the molecule is CCC(O)CCNC(=O)c1cc2ccccc2cc1NC(=O)C(C)C. The zero-order valence-electron chi connectivity index (χ0n) is 15.0. The first kappa shape index (κ1) is 18.9. The first-order valence-electron chi connectivity index (χ1n) is 8.72. The number of rotatable bonds is 7. The van der Waals surface area contributed by atoms with E-state index in [1.165, 1.54) is 0 Å². The average molecular weight is 342 g/mol. The quantitative estimate of drug-likeness (QED) is 0.722. The fraction of sp³-hybridized carbons (Fsp3) is 0.400. The van der Waals surface area contributed by atoms with Crippen LogP contribution in [-0.2, 0) is 4.79 Å². The highest BCUT2D eigenvalue weighted by atomic mass is 16.3. The molecule has 3 N–H and O–H groups in total. The molecule has 25 heavy (non-hydrogen) atoms. The highest BCUT2D eigenvalue weighted by Gasteiger charge is 2.16. The Labute approximate surface area is 148 Å². The Balaban J connectivity index is 2.28. The fourth-order valence-corrected chi connectivity index (χ4v) is 2.46. The standard InChI is InChI=1S/C20H26N2O3/c1-4-16(23)9-10-21-20(25)17-11-14-7-5-6-8-15(14)12-18(17)22-19(24)13(2)3/h5-8,11-13,16,23H,4,9-10H2,1-3H3,(H,21,25)(H,22,24). The van der Waals surface area contributed by atoms with E-state index in [4.69, 9.17) is 0 Å². The van der Waals surface area contributed by atoms with Crippen LogP contribution in [0.5, 0.6) is 0 Å². The maximum absolute atomic E-state index is 12.6. The van der Waals surface area contributed by atoms with Gasteiger partial charge in [-0.25, -0.2) is 0 Å². The van der Waals surface area contributed by atoms with Gasteiger partial charge in [0.1, 0.15) is 0 Å². The van der Waals surface area contributed by atoms with Gasteiger partial charge >= 0.3 is 0 Å². The number of anilines is 1. The molecule has 2 aromatic carbocycles. The van der Waals surface area contributed by atoms with Crippen LogP contribution in [0.3, 0.4) is 0 Å². The first-order valence-corrected chi connectivity index (χ1v) is 8.72. The van der Waals surface area contributed by atoms with E-state index in [1.807, 2.05) is 51.1 Å². The molecule has 0 aliphatic carbocycles. The van der Waals surface area contributed by atoms with Gasteiger partial charge in [0.2, 0.25) is 5.91 Å². The molecule has 0 aromatic heterocycles. The van der Waals surface area contributed by atoms with Crippen LogP contribution >= 0.6 is 0 Å². The molecule has 5 heteroatoms. The number of hydrogen-bond acceptors (Lipinski definition) is 3. The highest BCUT2D eigenvalue weighted by molar-refractivity contribution is 6.08. The summed E-state index contributed by atoms with van der Waals surface area (Å²) in [6.07, 6.45) is 0.738. The van der Waals surface area contributed by atoms with Crippen molar-refractivity contribution in [2.24, 2.45) is 5.92 Å². The van der Waals surface area contributed by atoms with Crippen molar-refractivity contribution in [2.45, 2.75) is 39.7 Å². The molecule has 2 aromatic rings. The van der Waals surface area contributed by atoms with Gasteiger partial charge in [-0.15, -0.1) is 0 Å². The van der Waals surface area contributed by atoms with Crippen molar-refractivity contribution in [3.8, 4) is 0 Å². The second-order valence-corrected chi connectivity index (χ2v) is 6.50. The van der Waals surface area contributed by atoms with Gasteiger partial charge in [-0.1, -0.05) is 45.0 Å². The molecule has 0 radical (unpaired) electrons. The van der Waals surface area contributed by atoms with Gasteiger partial charge in [0.25, 0.3) is 5.91 Å². The number of hydrogen-bond donors (Lipinski definition) is 3. The lowest BCUT2D eigenvalue weighted by molar-refractivity contribution is -0.118. The third-order valence-electron chi connectivity index (χ3n) is 4.15. The predicted molar refractivity (Wildman–Crippen MR) is 101 cm³/mol. The number of nitrogens with one attached hydrogen (secondary N) is 2. The Morgan fingerprint density at radius 1 is 1.12 bits per heavy atom. The second kappa shape index (κ2) is 8.62. The number of benzene rings is 2. The predicted octanol–water partition coefficient (Wildman–Crippen LogP) is 3.33. The van der Waals surface area contributed by atoms with Crippen LogP contribution in [0.25, 0.3) is 10.8 Å². The van der Waals surface area contributed by atoms with Crippen molar-refractivity contribution in [3.63, 3.8) is 0 Å². The van der Waals surface area contributed by atoms with Gasteiger partial charge < -0.3 is 15.7 Å². The van der Waals surface area contributed by atoms with Crippen molar-refractivity contribution in [3.05, 3.63) is 42.0 Å². The molecule has 0 aliphatic rings. The monoisotopic (exact) mass is 342 g/mol. The highest BCUT2D eigenvalue weighted by Crippen LogP contribution is 2.25. The molecule has 1 unspecified atom stereocenters. The molecule has 0 bridgehead atoms. The van der Waals surface area contributed by atoms with E-state index >= 15 is 0 Å². The maximum Gasteiger partial charge on any atom is 0.253 e. The summed E-state index contributed by atoms with van der Waals surface area (Å²) in [4.78, 5) is 24.7. The van der Waals surface area contributed by atoms with Crippen LogP contribution in [0.15, 0.2) is 36.4 Å². The fourth-order valence-electron chi connectivity index (χ4n) is 2.46. The summed E-state index contributed by atoms with van der Waals surface area (Å²) >= 11 is 0. The lowest BCUT2D eigenvalue weighted by Crippen LogP contribution is -2.28.